The van der Waals surface area contributed by atoms with Crippen molar-refractivity contribution in [3.63, 3.8) is 0 Å². The summed E-state index contributed by atoms with van der Waals surface area (Å²) in [5.74, 6) is -0.213. The average molecular weight is 453 g/mol. The van der Waals surface area contributed by atoms with Gasteiger partial charge in [-0.2, -0.15) is 0 Å². The Morgan fingerprint density at radius 3 is 2.27 bits per heavy atom. The SMILES string of the molecule is CC(C)(C)NCCOCCOCCOc1ccc(-c2ccc3nccc(C(=O)O)c3c2)cc1. The molecule has 0 unspecified atom stereocenters. The summed E-state index contributed by atoms with van der Waals surface area (Å²) in [6, 6.07) is 14.8. The zero-order valence-electron chi connectivity index (χ0n) is 19.5. The van der Waals surface area contributed by atoms with Crippen molar-refractivity contribution >= 4 is 16.9 Å². The zero-order valence-corrected chi connectivity index (χ0v) is 19.5. The molecule has 0 fully saturated rings. The number of ether oxygens (including phenoxy) is 3. The van der Waals surface area contributed by atoms with Gasteiger partial charge in [-0.3, -0.25) is 4.98 Å². The highest BCUT2D eigenvalue weighted by Gasteiger charge is 2.10. The molecule has 0 saturated heterocycles. The molecule has 3 aromatic rings. The van der Waals surface area contributed by atoms with E-state index >= 15 is 0 Å². The van der Waals surface area contributed by atoms with E-state index in [1.165, 1.54) is 12.3 Å². The zero-order chi connectivity index (χ0) is 23.7. The fourth-order valence-corrected chi connectivity index (χ4v) is 3.29. The van der Waals surface area contributed by atoms with Crippen LogP contribution in [0.4, 0.5) is 0 Å². The van der Waals surface area contributed by atoms with Crippen LogP contribution in [-0.2, 0) is 9.47 Å². The Labute approximate surface area is 194 Å². The Morgan fingerprint density at radius 2 is 1.58 bits per heavy atom. The van der Waals surface area contributed by atoms with Gasteiger partial charge in [-0.25, -0.2) is 4.79 Å². The van der Waals surface area contributed by atoms with E-state index in [0.29, 0.717) is 43.9 Å². The van der Waals surface area contributed by atoms with Gasteiger partial charge in [-0.15, -0.1) is 0 Å². The predicted octanol–water partition coefficient (Wildman–Crippen LogP) is 4.40. The first-order chi connectivity index (χ1) is 15.8. The molecule has 33 heavy (non-hydrogen) atoms. The van der Waals surface area contributed by atoms with Crippen LogP contribution in [0.15, 0.2) is 54.7 Å². The number of nitrogens with one attached hydrogen (secondary N) is 1. The van der Waals surface area contributed by atoms with Gasteiger partial charge < -0.3 is 24.6 Å². The molecule has 0 atom stereocenters. The highest BCUT2D eigenvalue weighted by molar-refractivity contribution is 6.03. The number of hydrogen-bond donors (Lipinski definition) is 2. The van der Waals surface area contributed by atoms with E-state index < -0.39 is 5.97 Å². The van der Waals surface area contributed by atoms with E-state index in [1.807, 2.05) is 42.5 Å². The summed E-state index contributed by atoms with van der Waals surface area (Å²) in [6.45, 7) is 9.90. The van der Waals surface area contributed by atoms with Gasteiger partial charge >= 0.3 is 5.97 Å². The maximum absolute atomic E-state index is 11.5. The summed E-state index contributed by atoms with van der Waals surface area (Å²) in [5, 5.41) is 13.4. The Bertz CT molecular complexity index is 1040. The molecule has 3 rings (SSSR count). The lowest BCUT2D eigenvalue weighted by atomic mass is 10.0. The van der Waals surface area contributed by atoms with E-state index in [4.69, 9.17) is 14.2 Å². The number of pyridine rings is 1. The molecule has 2 aromatic carbocycles. The van der Waals surface area contributed by atoms with Crippen LogP contribution in [0.1, 0.15) is 31.1 Å². The molecule has 0 amide bonds. The van der Waals surface area contributed by atoms with Crippen LogP contribution in [-0.4, -0.2) is 61.2 Å². The number of rotatable bonds is 12. The van der Waals surface area contributed by atoms with Gasteiger partial charge in [0.2, 0.25) is 0 Å². The van der Waals surface area contributed by atoms with Crippen LogP contribution in [0.5, 0.6) is 5.75 Å². The van der Waals surface area contributed by atoms with Gasteiger partial charge in [0.15, 0.2) is 0 Å². The van der Waals surface area contributed by atoms with Gasteiger partial charge in [0.1, 0.15) is 12.4 Å². The molecule has 0 aliphatic rings. The van der Waals surface area contributed by atoms with Crippen molar-refractivity contribution in [2.75, 3.05) is 39.6 Å². The molecule has 7 heteroatoms. The fourth-order valence-electron chi connectivity index (χ4n) is 3.29. The second-order valence-electron chi connectivity index (χ2n) is 8.67. The second kappa shape index (κ2) is 11.7. The normalized spacial score (nSPS) is 11.6. The first kappa shape index (κ1) is 24.6. The molecule has 0 aliphatic heterocycles. The Balaban J connectivity index is 1.41. The van der Waals surface area contributed by atoms with Gasteiger partial charge in [-0.1, -0.05) is 18.2 Å². The largest absolute Gasteiger partial charge is 0.491 e. The molecule has 2 N–H and O–H groups in total. The lowest BCUT2D eigenvalue weighted by Gasteiger charge is -2.20. The van der Waals surface area contributed by atoms with Gasteiger partial charge in [0.25, 0.3) is 0 Å². The van der Waals surface area contributed by atoms with Crippen molar-refractivity contribution in [3.05, 3.63) is 60.3 Å². The Hall–Kier alpha value is -3.00. The lowest BCUT2D eigenvalue weighted by molar-refractivity contribution is 0.0362. The highest BCUT2D eigenvalue weighted by Crippen LogP contribution is 2.27. The molecule has 176 valence electrons. The maximum Gasteiger partial charge on any atom is 0.336 e. The third-order valence-corrected chi connectivity index (χ3v) is 4.93. The molecule has 0 radical (unpaired) electrons. The van der Waals surface area contributed by atoms with E-state index in [0.717, 1.165) is 23.4 Å². The summed E-state index contributed by atoms with van der Waals surface area (Å²) in [6.07, 6.45) is 1.51. The summed E-state index contributed by atoms with van der Waals surface area (Å²) in [4.78, 5) is 15.8. The molecule has 0 bridgehead atoms. The first-order valence-corrected chi connectivity index (χ1v) is 11.1. The highest BCUT2D eigenvalue weighted by atomic mass is 16.5. The van der Waals surface area contributed by atoms with Crippen LogP contribution in [0.25, 0.3) is 22.0 Å². The summed E-state index contributed by atoms with van der Waals surface area (Å²) < 4.78 is 16.8. The van der Waals surface area contributed by atoms with Crippen LogP contribution in [0, 0.1) is 0 Å². The molecular formula is C26H32N2O5. The average Bonchev–Trinajstić information content (AvgIpc) is 2.79. The minimum atomic E-state index is -0.963. The van der Waals surface area contributed by atoms with Crippen molar-refractivity contribution in [3.8, 4) is 16.9 Å². The van der Waals surface area contributed by atoms with Gasteiger partial charge in [-0.05, 0) is 62.2 Å². The van der Waals surface area contributed by atoms with E-state index in [-0.39, 0.29) is 11.1 Å². The van der Waals surface area contributed by atoms with Crippen molar-refractivity contribution in [2.45, 2.75) is 26.3 Å². The quantitative estimate of drug-likeness (QED) is 0.394. The minimum Gasteiger partial charge on any atom is -0.491 e. The van der Waals surface area contributed by atoms with E-state index in [1.54, 1.807) is 0 Å². The third-order valence-electron chi connectivity index (χ3n) is 4.93. The fraction of sp³-hybridized carbons (Fsp3) is 0.385. The van der Waals surface area contributed by atoms with Crippen LogP contribution >= 0.6 is 0 Å². The third kappa shape index (κ3) is 7.82. The number of carboxylic acids is 1. The van der Waals surface area contributed by atoms with Crippen LogP contribution in [0.2, 0.25) is 0 Å². The summed E-state index contributed by atoms with van der Waals surface area (Å²) in [5.41, 5.74) is 2.90. The van der Waals surface area contributed by atoms with Crippen molar-refractivity contribution in [2.24, 2.45) is 0 Å². The molecule has 7 nitrogen and oxygen atoms in total. The first-order valence-electron chi connectivity index (χ1n) is 11.1. The smallest absolute Gasteiger partial charge is 0.336 e. The minimum absolute atomic E-state index is 0.103. The topological polar surface area (TPSA) is 89.9 Å². The van der Waals surface area contributed by atoms with E-state index in [2.05, 4.69) is 31.1 Å². The van der Waals surface area contributed by atoms with Crippen LogP contribution in [0.3, 0.4) is 0 Å². The Kier molecular flexibility index (Phi) is 8.77. The number of nitrogens with zero attached hydrogens (tertiary/aromatic N) is 1. The Morgan fingerprint density at radius 1 is 0.909 bits per heavy atom. The number of benzene rings is 2. The monoisotopic (exact) mass is 452 g/mol. The number of aromatic nitrogens is 1. The second-order valence-corrected chi connectivity index (χ2v) is 8.67. The molecular weight excluding hydrogens is 420 g/mol. The summed E-state index contributed by atoms with van der Waals surface area (Å²) >= 11 is 0. The summed E-state index contributed by atoms with van der Waals surface area (Å²) in [7, 11) is 0. The lowest BCUT2D eigenvalue weighted by Crippen LogP contribution is -2.38. The van der Waals surface area contributed by atoms with Crippen molar-refractivity contribution < 1.29 is 24.1 Å². The molecule has 0 spiro atoms. The van der Waals surface area contributed by atoms with Crippen molar-refractivity contribution in [1.29, 1.82) is 0 Å². The number of carbonyl (C=O) groups is 1. The number of fused-ring (bicyclic) bond motifs is 1. The van der Waals surface area contributed by atoms with Gasteiger partial charge in [0, 0.05) is 23.7 Å². The molecule has 1 heterocycles. The number of aromatic carboxylic acids is 1. The molecule has 0 aliphatic carbocycles. The maximum atomic E-state index is 11.5. The van der Waals surface area contributed by atoms with E-state index in [9.17, 15) is 9.90 Å². The predicted molar refractivity (Wildman–Crippen MR) is 129 cm³/mol. The molecule has 1 aromatic heterocycles. The standard InChI is InChI=1S/C26H32N2O5/c1-26(2,3)28-12-13-31-14-15-32-16-17-33-21-7-4-19(5-8-21)20-6-9-24-23(18-20)22(25(29)30)10-11-27-24/h4-11,18,28H,12-17H2,1-3H3,(H,29,30). The van der Waals surface area contributed by atoms with Crippen LogP contribution < -0.4 is 10.1 Å². The number of carboxylic acid groups (broad SMARTS) is 1. The van der Waals surface area contributed by atoms with Crippen molar-refractivity contribution in [1.82, 2.24) is 10.3 Å². The van der Waals surface area contributed by atoms with Gasteiger partial charge in [0.05, 0.1) is 37.5 Å². The number of hydrogen-bond acceptors (Lipinski definition) is 6. The molecule has 0 saturated carbocycles.